The van der Waals surface area contributed by atoms with Crippen LogP contribution in [0.15, 0.2) is 0 Å². The lowest BCUT2D eigenvalue weighted by molar-refractivity contribution is -0.143. The van der Waals surface area contributed by atoms with Gasteiger partial charge in [0.15, 0.2) is 0 Å². The predicted molar refractivity (Wildman–Crippen MR) is 143 cm³/mol. The molecular weight excluding hydrogens is 440 g/mol. The van der Waals surface area contributed by atoms with Crippen LogP contribution in [0, 0.1) is 17.8 Å². The van der Waals surface area contributed by atoms with Gasteiger partial charge in [0.05, 0.1) is 18.6 Å². The molecule has 0 aromatic carbocycles. The van der Waals surface area contributed by atoms with Crippen molar-refractivity contribution in [2.24, 2.45) is 17.8 Å². The molecule has 6 nitrogen and oxygen atoms in total. The van der Waals surface area contributed by atoms with E-state index in [1.54, 1.807) is 0 Å². The Balaban J connectivity index is 1.77. The van der Waals surface area contributed by atoms with Crippen molar-refractivity contribution in [2.75, 3.05) is 19.7 Å². The van der Waals surface area contributed by atoms with Crippen LogP contribution in [-0.4, -0.2) is 53.8 Å². The Morgan fingerprint density at radius 2 is 1.71 bits per heavy atom. The first-order valence-electron chi connectivity index (χ1n) is 14.8. The molecule has 2 N–H and O–H groups in total. The highest BCUT2D eigenvalue weighted by Gasteiger charge is 2.27. The Kier molecular flexibility index (Phi) is 14.7. The molecule has 2 aliphatic rings. The van der Waals surface area contributed by atoms with Crippen LogP contribution >= 0.6 is 0 Å². The van der Waals surface area contributed by atoms with Gasteiger partial charge in [-0.15, -0.1) is 0 Å². The van der Waals surface area contributed by atoms with Gasteiger partial charge in [-0.2, -0.15) is 0 Å². The van der Waals surface area contributed by atoms with Crippen LogP contribution in [0.3, 0.4) is 0 Å². The summed E-state index contributed by atoms with van der Waals surface area (Å²) in [4.78, 5) is 26.6. The van der Waals surface area contributed by atoms with Crippen LogP contribution in [0.2, 0.25) is 0 Å². The number of unbranched alkanes of at least 4 members (excludes halogenated alkanes) is 4. The first-order chi connectivity index (χ1) is 16.9. The van der Waals surface area contributed by atoms with E-state index in [0.717, 1.165) is 57.9 Å². The van der Waals surface area contributed by atoms with E-state index < -0.39 is 5.97 Å². The van der Waals surface area contributed by atoms with Crippen molar-refractivity contribution in [3.63, 3.8) is 0 Å². The van der Waals surface area contributed by atoms with E-state index >= 15 is 0 Å². The van der Waals surface area contributed by atoms with E-state index in [1.807, 2.05) is 18.7 Å². The van der Waals surface area contributed by atoms with Gasteiger partial charge in [0.1, 0.15) is 0 Å². The minimum atomic E-state index is -0.662. The normalized spacial score (nSPS) is 22.2. The molecule has 0 saturated heterocycles. The zero-order valence-corrected chi connectivity index (χ0v) is 22.9. The predicted octanol–water partition coefficient (Wildman–Crippen LogP) is 7.01. The Morgan fingerprint density at radius 1 is 0.971 bits per heavy atom. The van der Waals surface area contributed by atoms with Crippen LogP contribution < -0.4 is 5.32 Å². The fourth-order valence-electron chi connectivity index (χ4n) is 5.88. The number of amides is 2. The van der Waals surface area contributed by atoms with Gasteiger partial charge in [-0.3, -0.25) is 4.79 Å². The maximum Gasteiger partial charge on any atom is 0.317 e. The molecular formula is C29H54N2O4. The molecule has 3 atom stereocenters. The summed E-state index contributed by atoms with van der Waals surface area (Å²) in [5.74, 6) is -0.177. The molecule has 0 heterocycles. The van der Waals surface area contributed by atoms with E-state index in [-0.39, 0.29) is 24.0 Å². The topological polar surface area (TPSA) is 78.9 Å². The molecule has 0 bridgehead atoms. The third kappa shape index (κ3) is 12.0. The maximum absolute atomic E-state index is 13.0. The summed E-state index contributed by atoms with van der Waals surface area (Å²) >= 11 is 0. The lowest BCUT2D eigenvalue weighted by Crippen LogP contribution is -2.47. The number of carboxylic acids is 1. The molecule has 2 rings (SSSR count). The SMILES string of the molecule is CCCCCCCN(CCO[C@@H]1CCC[C@H](CCC(C(=O)O)C(C)C)C1)C(=O)NC1CCCCC1. The number of carbonyl (C=O) groups is 2. The largest absolute Gasteiger partial charge is 0.481 e. The second-order valence-corrected chi connectivity index (χ2v) is 11.5. The molecule has 0 aromatic rings. The molecule has 2 saturated carbocycles. The average Bonchev–Trinajstić information content (AvgIpc) is 2.83. The molecule has 204 valence electrons. The number of hydrogen-bond acceptors (Lipinski definition) is 3. The number of hydrogen-bond donors (Lipinski definition) is 2. The molecule has 2 amide bonds. The number of carboxylic acid groups (broad SMARTS) is 1. The lowest BCUT2D eigenvalue weighted by Gasteiger charge is -2.32. The summed E-state index contributed by atoms with van der Waals surface area (Å²) in [7, 11) is 0. The van der Waals surface area contributed by atoms with Crippen molar-refractivity contribution in [2.45, 2.75) is 136 Å². The first-order valence-corrected chi connectivity index (χ1v) is 14.8. The van der Waals surface area contributed by atoms with Crippen molar-refractivity contribution in [3.8, 4) is 0 Å². The van der Waals surface area contributed by atoms with Gasteiger partial charge in [-0.1, -0.05) is 78.6 Å². The maximum atomic E-state index is 13.0. The number of nitrogens with zero attached hydrogens (tertiary/aromatic N) is 1. The molecule has 0 radical (unpaired) electrons. The van der Waals surface area contributed by atoms with E-state index in [9.17, 15) is 14.7 Å². The number of urea groups is 1. The molecule has 35 heavy (non-hydrogen) atoms. The summed E-state index contributed by atoms with van der Waals surface area (Å²) in [5, 5.41) is 12.8. The Bertz CT molecular complexity index is 591. The number of aliphatic carboxylic acids is 1. The van der Waals surface area contributed by atoms with E-state index in [2.05, 4.69) is 12.2 Å². The van der Waals surface area contributed by atoms with Gasteiger partial charge in [-0.05, 0) is 56.8 Å². The van der Waals surface area contributed by atoms with Gasteiger partial charge in [0.25, 0.3) is 0 Å². The smallest absolute Gasteiger partial charge is 0.317 e. The second-order valence-electron chi connectivity index (χ2n) is 11.5. The lowest BCUT2D eigenvalue weighted by atomic mass is 9.81. The summed E-state index contributed by atoms with van der Waals surface area (Å²) in [6, 6.07) is 0.422. The monoisotopic (exact) mass is 494 g/mol. The van der Waals surface area contributed by atoms with Gasteiger partial charge in [0, 0.05) is 19.1 Å². The Labute approximate surface area is 214 Å². The fraction of sp³-hybridized carbons (Fsp3) is 0.931. The van der Waals surface area contributed by atoms with Crippen molar-refractivity contribution in [3.05, 3.63) is 0 Å². The molecule has 6 heteroatoms. The average molecular weight is 495 g/mol. The van der Waals surface area contributed by atoms with Crippen molar-refractivity contribution in [1.82, 2.24) is 10.2 Å². The Morgan fingerprint density at radius 3 is 2.40 bits per heavy atom. The summed E-state index contributed by atoms with van der Waals surface area (Å²) < 4.78 is 6.29. The summed E-state index contributed by atoms with van der Waals surface area (Å²) in [6.45, 7) is 8.30. The minimum Gasteiger partial charge on any atom is -0.481 e. The molecule has 1 unspecified atom stereocenters. The highest BCUT2D eigenvalue weighted by atomic mass is 16.5. The van der Waals surface area contributed by atoms with Crippen LogP contribution in [0.5, 0.6) is 0 Å². The molecule has 0 aromatic heterocycles. The standard InChI is InChI=1S/C29H54N2O4/c1-4-5-6-7-11-19-31(29(34)30-25-14-9-8-10-15-25)20-21-35-26-16-12-13-24(22-26)17-18-27(23(2)3)28(32)33/h23-27H,4-22H2,1-3H3,(H,30,34)(H,32,33)/t24-,26-,27?/m1/s1. The van der Waals surface area contributed by atoms with E-state index in [0.29, 0.717) is 25.1 Å². The third-order valence-electron chi connectivity index (χ3n) is 8.21. The first kappa shape index (κ1) is 29.9. The Hall–Kier alpha value is -1.30. The van der Waals surface area contributed by atoms with Crippen molar-refractivity contribution < 1.29 is 19.4 Å². The second kappa shape index (κ2) is 17.2. The van der Waals surface area contributed by atoms with Crippen LogP contribution in [0.4, 0.5) is 4.79 Å². The van der Waals surface area contributed by atoms with Gasteiger partial charge < -0.3 is 20.1 Å². The minimum absolute atomic E-state index is 0.0888. The molecule has 2 fully saturated rings. The van der Waals surface area contributed by atoms with Gasteiger partial charge in [0.2, 0.25) is 0 Å². The number of rotatable bonds is 16. The number of carbonyl (C=O) groups excluding carboxylic acids is 1. The summed E-state index contributed by atoms with van der Waals surface area (Å²) in [5.41, 5.74) is 0. The van der Waals surface area contributed by atoms with Crippen LogP contribution in [0.25, 0.3) is 0 Å². The van der Waals surface area contributed by atoms with Gasteiger partial charge >= 0.3 is 12.0 Å². The highest BCUT2D eigenvalue weighted by Crippen LogP contribution is 2.32. The molecule has 0 spiro atoms. The van der Waals surface area contributed by atoms with Crippen molar-refractivity contribution >= 4 is 12.0 Å². The quantitative estimate of drug-likeness (QED) is 0.226. The van der Waals surface area contributed by atoms with Gasteiger partial charge in [-0.25, -0.2) is 4.79 Å². The van der Waals surface area contributed by atoms with Crippen molar-refractivity contribution in [1.29, 1.82) is 0 Å². The van der Waals surface area contributed by atoms with Crippen LogP contribution in [-0.2, 0) is 9.53 Å². The fourth-order valence-corrected chi connectivity index (χ4v) is 5.88. The highest BCUT2D eigenvalue weighted by molar-refractivity contribution is 5.74. The zero-order valence-electron chi connectivity index (χ0n) is 22.9. The third-order valence-corrected chi connectivity index (χ3v) is 8.21. The summed E-state index contributed by atoms with van der Waals surface area (Å²) in [6.07, 6.45) is 18.3. The number of ether oxygens (including phenoxy) is 1. The molecule has 2 aliphatic carbocycles. The zero-order chi connectivity index (χ0) is 25.5. The van der Waals surface area contributed by atoms with E-state index in [1.165, 1.54) is 51.4 Å². The van der Waals surface area contributed by atoms with Crippen LogP contribution in [0.1, 0.15) is 124 Å². The number of nitrogens with one attached hydrogen (secondary N) is 1. The molecule has 0 aliphatic heterocycles. The van der Waals surface area contributed by atoms with E-state index in [4.69, 9.17) is 4.74 Å².